The summed E-state index contributed by atoms with van der Waals surface area (Å²) in [4.78, 5) is 38.5. The molecule has 0 aromatic rings. The number of rotatable bonds is 2. The summed E-state index contributed by atoms with van der Waals surface area (Å²) in [5.41, 5.74) is -8.46. The molecule has 4 N–H and O–H groups in total. The largest absolute Gasteiger partial charge is 0.461 e. The first kappa shape index (κ1) is 25.0. The number of aliphatic hydroxyl groups excluding tert-OH is 3. The first-order chi connectivity index (χ1) is 16.1. The van der Waals surface area contributed by atoms with Gasteiger partial charge in [0.2, 0.25) is 0 Å². The highest BCUT2D eigenvalue weighted by molar-refractivity contribution is 5.92. The molecule has 5 rings (SSSR count). The van der Waals surface area contributed by atoms with E-state index in [1.165, 1.54) is 27.7 Å². The summed E-state index contributed by atoms with van der Waals surface area (Å²) in [6.07, 6.45) is -6.69. The van der Waals surface area contributed by atoms with E-state index in [0.29, 0.717) is 0 Å². The van der Waals surface area contributed by atoms with Crippen molar-refractivity contribution >= 4 is 17.7 Å². The van der Waals surface area contributed by atoms with Gasteiger partial charge < -0.3 is 39.4 Å². The molecule has 0 aromatic carbocycles. The molecule has 5 aliphatic rings. The standard InChI is InChI=1S/C24H34O11/c1-10(25)34-14-7-15-23(9-32-15,35-11(2)26)17-16(28)12-6-13(27)22(5)24(31,20(12,3)8-33-22)19(30)18(29)21(14,17)4/h12-17,19,27-28,30-31H,6-9H2,1-5H3. The second-order valence-corrected chi connectivity index (χ2v) is 11.6. The predicted octanol–water partition coefficient (Wildman–Crippen LogP) is -1.14. The Bertz CT molecular complexity index is 985. The van der Waals surface area contributed by atoms with Crippen LogP contribution in [0.4, 0.5) is 0 Å². The van der Waals surface area contributed by atoms with Gasteiger partial charge in [0, 0.05) is 31.6 Å². The van der Waals surface area contributed by atoms with Crippen LogP contribution in [0.5, 0.6) is 0 Å². The van der Waals surface area contributed by atoms with Crippen LogP contribution in [0.25, 0.3) is 0 Å². The summed E-state index contributed by atoms with van der Waals surface area (Å²) in [5.74, 6) is -4.24. The fourth-order valence-electron chi connectivity index (χ4n) is 8.19. The lowest BCUT2D eigenvalue weighted by Gasteiger charge is -2.67. The van der Waals surface area contributed by atoms with Crippen molar-refractivity contribution in [2.75, 3.05) is 13.2 Å². The number of carbonyl (C=O) groups excluding carboxylic acids is 3. The molecule has 2 aliphatic heterocycles. The molecule has 11 heteroatoms. The van der Waals surface area contributed by atoms with Crippen LogP contribution in [0.2, 0.25) is 0 Å². The average molecular weight is 499 g/mol. The fraction of sp³-hybridized carbons (Fsp3) is 0.875. The average Bonchev–Trinajstić information content (AvgIpc) is 2.91. The van der Waals surface area contributed by atoms with Crippen LogP contribution < -0.4 is 0 Å². The summed E-state index contributed by atoms with van der Waals surface area (Å²) in [6, 6.07) is 0. The van der Waals surface area contributed by atoms with Gasteiger partial charge in [0.05, 0.1) is 30.8 Å². The van der Waals surface area contributed by atoms with Crippen LogP contribution in [0.1, 0.15) is 47.5 Å². The summed E-state index contributed by atoms with van der Waals surface area (Å²) < 4.78 is 22.9. The first-order valence-electron chi connectivity index (χ1n) is 12.0. The number of esters is 2. The molecule has 5 fully saturated rings. The Balaban J connectivity index is 1.77. The number of aliphatic hydroxyl groups is 4. The van der Waals surface area contributed by atoms with E-state index in [1.54, 1.807) is 6.92 Å². The van der Waals surface area contributed by atoms with Crippen LogP contribution >= 0.6 is 0 Å². The van der Waals surface area contributed by atoms with Crippen LogP contribution in [0.15, 0.2) is 0 Å². The van der Waals surface area contributed by atoms with Gasteiger partial charge in [-0.2, -0.15) is 0 Å². The van der Waals surface area contributed by atoms with E-state index in [-0.39, 0.29) is 26.1 Å². The van der Waals surface area contributed by atoms with E-state index in [4.69, 9.17) is 18.9 Å². The van der Waals surface area contributed by atoms with Gasteiger partial charge in [0.1, 0.15) is 29.5 Å². The third kappa shape index (κ3) is 2.64. The summed E-state index contributed by atoms with van der Waals surface area (Å²) in [7, 11) is 0. The number of Topliss-reactive ketones (excluding diaryl/α,β-unsaturated/α-hetero) is 1. The molecule has 35 heavy (non-hydrogen) atoms. The highest BCUT2D eigenvalue weighted by Gasteiger charge is 2.83. The van der Waals surface area contributed by atoms with Gasteiger partial charge in [0.25, 0.3) is 0 Å². The zero-order valence-corrected chi connectivity index (χ0v) is 20.5. The highest BCUT2D eigenvalue weighted by Crippen LogP contribution is 2.67. The van der Waals surface area contributed by atoms with E-state index in [9.17, 15) is 34.8 Å². The quantitative estimate of drug-likeness (QED) is 0.339. The number of ketones is 1. The Morgan fingerprint density at radius 1 is 1.03 bits per heavy atom. The minimum absolute atomic E-state index is 0.00384. The number of ether oxygens (including phenoxy) is 4. The molecule has 3 saturated carbocycles. The monoisotopic (exact) mass is 498 g/mol. The Kier molecular flexibility index (Phi) is 5.17. The second-order valence-electron chi connectivity index (χ2n) is 11.6. The van der Waals surface area contributed by atoms with Crippen LogP contribution in [-0.2, 0) is 33.3 Å². The Hall–Kier alpha value is -1.63. The maximum Gasteiger partial charge on any atom is 0.303 e. The van der Waals surface area contributed by atoms with Gasteiger partial charge in [0.15, 0.2) is 11.4 Å². The molecule has 3 aliphatic carbocycles. The van der Waals surface area contributed by atoms with E-state index in [1.807, 2.05) is 0 Å². The predicted molar refractivity (Wildman–Crippen MR) is 115 cm³/mol. The van der Waals surface area contributed by atoms with Crippen LogP contribution in [-0.4, -0.2) is 98.7 Å². The van der Waals surface area contributed by atoms with Crippen molar-refractivity contribution in [1.29, 1.82) is 0 Å². The van der Waals surface area contributed by atoms with Gasteiger partial charge in [-0.15, -0.1) is 0 Å². The molecule has 4 bridgehead atoms. The van der Waals surface area contributed by atoms with Crippen molar-refractivity contribution < 1.29 is 53.8 Å². The minimum atomic E-state index is -2.25. The van der Waals surface area contributed by atoms with Crippen LogP contribution in [0, 0.1) is 22.7 Å². The topological polar surface area (TPSA) is 169 Å². The highest BCUT2D eigenvalue weighted by atomic mass is 16.6. The number of carbonyl (C=O) groups is 3. The second kappa shape index (κ2) is 7.23. The maximum atomic E-state index is 14.3. The van der Waals surface area contributed by atoms with E-state index >= 15 is 0 Å². The van der Waals surface area contributed by atoms with Gasteiger partial charge in [-0.3, -0.25) is 14.4 Å². The van der Waals surface area contributed by atoms with Gasteiger partial charge in [-0.25, -0.2) is 0 Å². The Morgan fingerprint density at radius 2 is 1.69 bits per heavy atom. The van der Waals surface area contributed by atoms with Gasteiger partial charge in [-0.1, -0.05) is 6.92 Å². The van der Waals surface area contributed by atoms with E-state index in [2.05, 4.69) is 0 Å². The van der Waals surface area contributed by atoms with Gasteiger partial charge in [-0.05, 0) is 26.2 Å². The molecular formula is C24H34O11. The molecule has 0 spiro atoms. The lowest BCUT2D eigenvalue weighted by Crippen LogP contribution is -2.83. The molecule has 2 heterocycles. The lowest BCUT2D eigenvalue weighted by atomic mass is 9.42. The fourth-order valence-corrected chi connectivity index (χ4v) is 8.19. The summed E-state index contributed by atoms with van der Waals surface area (Å²) in [6.45, 7) is 6.71. The van der Waals surface area contributed by atoms with Crippen molar-refractivity contribution in [3.63, 3.8) is 0 Å². The SMILES string of the molecule is CC(=O)OC1CC2OCC2(OC(C)=O)C2C(O)C3CC(O)C4(C)OCC3(C)C4(O)C(O)C(=O)C12C. The van der Waals surface area contributed by atoms with Crippen molar-refractivity contribution in [1.82, 2.24) is 0 Å². The molecule has 2 saturated heterocycles. The number of hydrogen-bond donors (Lipinski definition) is 4. The van der Waals surface area contributed by atoms with Gasteiger partial charge >= 0.3 is 11.9 Å². The third-order valence-electron chi connectivity index (χ3n) is 10.1. The lowest BCUT2D eigenvalue weighted by molar-refractivity contribution is -0.348. The first-order valence-corrected chi connectivity index (χ1v) is 12.0. The van der Waals surface area contributed by atoms with Crippen molar-refractivity contribution in [3.05, 3.63) is 0 Å². The Labute approximate surface area is 202 Å². The van der Waals surface area contributed by atoms with Crippen molar-refractivity contribution in [2.45, 2.75) is 94.8 Å². The minimum Gasteiger partial charge on any atom is -0.461 e. The zero-order chi connectivity index (χ0) is 25.9. The maximum absolute atomic E-state index is 14.3. The molecule has 0 amide bonds. The number of fused-ring (bicyclic) bond motifs is 3. The summed E-state index contributed by atoms with van der Waals surface area (Å²) in [5, 5.41) is 46.8. The Morgan fingerprint density at radius 3 is 2.23 bits per heavy atom. The van der Waals surface area contributed by atoms with Crippen molar-refractivity contribution in [2.24, 2.45) is 22.7 Å². The third-order valence-corrected chi connectivity index (χ3v) is 10.1. The van der Waals surface area contributed by atoms with E-state index < -0.39 is 87.7 Å². The molecule has 12 unspecified atom stereocenters. The van der Waals surface area contributed by atoms with Crippen LogP contribution in [0.3, 0.4) is 0 Å². The zero-order valence-electron chi connectivity index (χ0n) is 20.5. The van der Waals surface area contributed by atoms with E-state index in [0.717, 1.165) is 0 Å². The molecule has 12 atom stereocenters. The normalized spacial score (nSPS) is 56.6. The molecule has 196 valence electrons. The van der Waals surface area contributed by atoms with Crippen molar-refractivity contribution in [3.8, 4) is 0 Å². The molecule has 0 aromatic heterocycles. The summed E-state index contributed by atoms with van der Waals surface area (Å²) >= 11 is 0. The smallest absolute Gasteiger partial charge is 0.303 e. The molecular weight excluding hydrogens is 464 g/mol. The number of hydrogen-bond acceptors (Lipinski definition) is 11. The molecule has 11 nitrogen and oxygen atoms in total. The molecule has 0 radical (unpaired) electrons.